The zero-order chi connectivity index (χ0) is 15.4. The largest absolute Gasteiger partial charge is 0.315 e. The molecule has 6 nitrogen and oxygen atoms in total. The highest BCUT2D eigenvalue weighted by molar-refractivity contribution is 5.47. The minimum Gasteiger partial charge on any atom is -0.315 e. The number of pyridine rings is 1. The molecule has 6 heteroatoms. The Balaban J connectivity index is 2.21. The van der Waals surface area contributed by atoms with Crippen molar-refractivity contribution in [2.24, 2.45) is 0 Å². The number of nitrogens with zero attached hydrogens (tertiary/aromatic N) is 3. The first-order chi connectivity index (χ1) is 10.0. The van der Waals surface area contributed by atoms with E-state index in [-0.39, 0.29) is 10.6 Å². The molecule has 1 aliphatic rings. The summed E-state index contributed by atoms with van der Waals surface area (Å²) in [7, 11) is 0. The highest BCUT2D eigenvalue weighted by Crippen LogP contribution is 2.25. The van der Waals surface area contributed by atoms with Crippen LogP contribution in [0.1, 0.15) is 36.6 Å². The van der Waals surface area contributed by atoms with Gasteiger partial charge in [0.2, 0.25) is 0 Å². The first-order valence-electron chi connectivity index (χ1n) is 7.58. The van der Waals surface area contributed by atoms with Crippen molar-refractivity contribution in [1.82, 2.24) is 15.2 Å². The summed E-state index contributed by atoms with van der Waals surface area (Å²) in [6, 6.07) is 0.491. The summed E-state index contributed by atoms with van der Waals surface area (Å²) in [5.41, 5.74) is 2.35. The molecule has 116 valence electrons. The summed E-state index contributed by atoms with van der Waals surface area (Å²) in [6.45, 7) is 9.35. The Morgan fingerprint density at radius 2 is 2.29 bits per heavy atom. The van der Waals surface area contributed by atoms with Crippen LogP contribution in [0.4, 0.5) is 5.69 Å². The van der Waals surface area contributed by atoms with Gasteiger partial charge in [-0.3, -0.25) is 20.0 Å². The number of hydrogen-bond acceptors (Lipinski definition) is 5. The van der Waals surface area contributed by atoms with Crippen LogP contribution in [-0.4, -0.2) is 40.5 Å². The van der Waals surface area contributed by atoms with Gasteiger partial charge in [0.1, 0.15) is 0 Å². The van der Waals surface area contributed by atoms with Crippen LogP contribution in [0.5, 0.6) is 0 Å². The third kappa shape index (κ3) is 3.57. The van der Waals surface area contributed by atoms with Crippen LogP contribution in [0.3, 0.4) is 0 Å². The van der Waals surface area contributed by atoms with E-state index in [9.17, 15) is 10.1 Å². The molecule has 1 N–H and O–H groups in total. The van der Waals surface area contributed by atoms with Gasteiger partial charge in [0.15, 0.2) is 0 Å². The number of likely N-dealkylation sites (N-methyl/N-ethyl adjacent to an activating group) is 1. The van der Waals surface area contributed by atoms with E-state index in [1.54, 1.807) is 20.0 Å². The lowest BCUT2D eigenvalue weighted by Gasteiger charge is -2.33. The fourth-order valence-electron chi connectivity index (χ4n) is 3.04. The maximum Gasteiger partial charge on any atom is 0.278 e. The second-order valence-corrected chi connectivity index (χ2v) is 5.68. The van der Waals surface area contributed by atoms with Gasteiger partial charge in [-0.2, -0.15) is 0 Å². The number of nitrogens with one attached hydrogen (secondary N) is 1. The molecule has 0 aromatic carbocycles. The Labute approximate surface area is 125 Å². The van der Waals surface area contributed by atoms with E-state index in [2.05, 4.69) is 22.1 Å². The lowest BCUT2D eigenvalue weighted by Crippen LogP contribution is -2.45. The average Bonchev–Trinajstić information content (AvgIpc) is 2.47. The van der Waals surface area contributed by atoms with Gasteiger partial charge in [0.25, 0.3) is 5.69 Å². The molecule has 1 fully saturated rings. The molecule has 2 heterocycles. The zero-order valence-corrected chi connectivity index (χ0v) is 13.1. The molecule has 21 heavy (non-hydrogen) atoms. The van der Waals surface area contributed by atoms with E-state index in [4.69, 9.17) is 0 Å². The monoisotopic (exact) mass is 292 g/mol. The number of aromatic nitrogens is 1. The summed E-state index contributed by atoms with van der Waals surface area (Å²) >= 11 is 0. The van der Waals surface area contributed by atoms with Gasteiger partial charge < -0.3 is 5.32 Å². The van der Waals surface area contributed by atoms with E-state index < -0.39 is 0 Å². The van der Waals surface area contributed by atoms with Crippen molar-refractivity contribution in [2.75, 3.05) is 19.6 Å². The Morgan fingerprint density at radius 3 is 2.86 bits per heavy atom. The van der Waals surface area contributed by atoms with Crippen molar-refractivity contribution in [3.63, 3.8) is 0 Å². The molecular formula is C15H24N4O2. The zero-order valence-electron chi connectivity index (χ0n) is 13.1. The average molecular weight is 292 g/mol. The van der Waals surface area contributed by atoms with Gasteiger partial charge in [-0.25, -0.2) is 0 Å². The van der Waals surface area contributed by atoms with Crippen LogP contribution in [0, 0.1) is 24.0 Å². The Kier molecular flexibility index (Phi) is 5.25. The number of hydrogen-bond donors (Lipinski definition) is 1. The fourth-order valence-corrected chi connectivity index (χ4v) is 3.04. The molecule has 0 radical (unpaired) electrons. The maximum absolute atomic E-state index is 11.2. The summed E-state index contributed by atoms with van der Waals surface area (Å²) in [5, 5.41) is 14.6. The summed E-state index contributed by atoms with van der Waals surface area (Å²) in [5.74, 6) is 0. The third-order valence-electron chi connectivity index (χ3n) is 4.30. The molecule has 1 aromatic heterocycles. The smallest absolute Gasteiger partial charge is 0.278 e. The predicted molar refractivity (Wildman–Crippen MR) is 82.3 cm³/mol. The van der Waals surface area contributed by atoms with Crippen LogP contribution >= 0.6 is 0 Å². The molecule has 0 saturated carbocycles. The lowest BCUT2D eigenvalue weighted by molar-refractivity contribution is -0.386. The summed E-state index contributed by atoms with van der Waals surface area (Å²) < 4.78 is 0. The van der Waals surface area contributed by atoms with E-state index in [0.29, 0.717) is 23.7 Å². The summed E-state index contributed by atoms with van der Waals surface area (Å²) in [4.78, 5) is 17.7. The van der Waals surface area contributed by atoms with E-state index in [1.165, 1.54) is 12.8 Å². The van der Waals surface area contributed by atoms with Gasteiger partial charge >= 0.3 is 0 Å². The molecule has 0 amide bonds. The molecule has 0 spiro atoms. The van der Waals surface area contributed by atoms with Crippen LogP contribution in [0.15, 0.2) is 6.20 Å². The van der Waals surface area contributed by atoms with Gasteiger partial charge in [-0.1, -0.05) is 6.92 Å². The molecule has 2 rings (SSSR count). The summed E-state index contributed by atoms with van der Waals surface area (Å²) in [6.07, 6.45) is 3.98. The first kappa shape index (κ1) is 15.9. The molecule has 1 atom stereocenters. The van der Waals surface area contributed by atoms with Crippen molar-refractivity contribution in [3.05, 3.63) is 33.1 Å². The lowest BCUT2D eigenvalue weighted by atomic mass is 10.0. The minimum atomic E-state index is -0.297. The van der Waals surface area contributed by atoms with Crippen molar-refractivity contribution < 1.29 is 4.92 Å². The first-order valence-corrected chi connectivity index (χ1v) is 7.58. The van der Waals surface area contributed by atoms with E-state index >= 15 is 0 Å². The topological polar surface area (TPSA) is 71.3 Å². The standard InChI is InChI=1S/C15H24N4O2/c1-4-18(13-6-5-7-16-9-13)10-14-12(3)15(19(20)21)11(2)8-17-14/h8,13,16H,4-7,9-10H2,1-3H3. The second-order valence-electron chi connectivity index (χ2n) is 5.68. The Hall–Kier alpha value is -1.53. The van der Waals surface area contributed by atoms with Crippen molar-refractivity contribution in [2.45, 2.75) is 46.2 Å². The van der Waals surface area contributed by atoms with Crippen molar-refractivity contribution in [3.8, 4) is 0 Å². The SMILES string of the molecule is CCN(Cc1ncc(C)c([N+](=O)[O-])c1C)C1CCCNC1. The van der Waals surface area contributed by atoms with Gasteiger partial charge in [0.05, 0.1) is 10.6 Å². The minimum absolute atomic E-state index is 0.206. The van der Waals surface area contributed by atoms with Gasteiger partial charge in [-0.05, 0) is 39.8 Å². The Bertz CT molecular complexity index is 513. The highest BCUT2D eigenvalue weighted by atomic mass is 16.6. The molecule has 0 bridgehead atoms. The predicted octanol–water partition coefficient (Wildman–Crippen LogP) is 2.18. The number of nitro groups is 1. The van der Waals surface area contributed by atoms with Gasteiger partial charge in [0, 0.05) is 36.5 Å². The van der Waals surface area contributed by atoms with Crippen LogP contribution in [-0.2, 0) is 6.54 Å². The van der Waals surface area contributed by atoms with E-state index in [1.807, 2.05) is 0 Å². The van der Waals surface area contributed by atoms with Crippen LogP contribution < -0.4 is 5.32 Å². The molecule has 1 unspecified atom stereocenters. The highest BCUT2D eigenvalue weighted by Gasteiger charge is 2.23. The normalized spacial score (nSPS) is 19.0. The van der Waals surface area contributed by atoms with Crippen molar-refractivity contribution >= 4 is 5.69 Å². The quantitative estimate of drug-likeness (QED) is 0.665. The number of aryl methyl sites for hydroxylation is 1. The molecule has 0 aliphatic carbocycles. The fraction of sp³-hybridized carbons (Fsp3) is 0.667. The number of rotatable bonds is 5. The van der Waals surface area contributed by atoms with E-state index in [0.717, 1.165) is 25.3 Å². The molecule has 1 saturated heterocycles. The second kappa shape index (κ2) is 6.95. The number of piperidine rings is 1. The van der Waals surface area contributed by atoms with Gasteiger partial charge in [-0.15, -0.1) is 0 Å². The van der Waals surface area contributed by atoms with Crippen LogP contribution in [0.2, 0.25) is 0 Å². The Morgan fingerprint density at radius 1 is 1.52 bits per heavy atom. The molecule has 1 aliphatic heterocycles. The molecule has 1 aromatic rings. The maximum atomic E-state index is 11.2. The van der Waals surface area contributed by atoms with Crippen molar-refractivity contribution in [1.29, 1.82) is 0 Å². The third-order valence-corrected chi connectivity index (χ3v) is 4.30. The van der Waals surface area contributed by atoms with Crippen LogP contribution in [0.25, 0.3) is 0 Å². The molecular weight excluding hydrogens is 268 g/mol.